The molecular formula is C16H33N3O. The Bertz CT molecular complexity index is 317. The van der Waals surface area contributed by atoms with Crippen LogP contribution < -0.4 is 11.1 Å². The Morgan fingerprint density at radius 1 is 1.45 bits per heavy atom. The van der Waals surface area contributed by atoms with Gasteiger partial charge in [0.2, 0.25) is 5.91 Å². The number of carbonyl (C=O) groups is 1. The zero-order valence-corrected chi connectivity index (χ0v) is 13.9. The number of likely N-dealkylation sites (N-methyl/N-ethyl adjacent to an activating group) is 1. The molecule has 0 spiro atoms. The molecule has 1 amide bonds. The second-order valence-electron chi connectivity index (χ2n) is 7.12. The van der Waals surface area contributed by atoms with Crippen molar-refractivity contribution in [2.75, 3.05) is 27.2 Å². The topological polar surface area (TPSA) is 58.4 Å². The molecule has 3 N–H and O–H groups in total. The summed E-state index contributed by atoms with van der Waals surface area (Å²) in [6.07, 6.45) is 4.88. The summed E-state index contributed by atoms with van der Waals surface area (Å²) in [6, 6.07) is 0. The van der Waals surface area contributed by atoms with Crippen LogP contribution in [0.4, 0.5) is 0 Å². The smallest absolute Gasteiger partial charge is 0.224 e. The fourth-order valence-corrected chi connectivity index (χ4v) is 3.42. The van der Waals surface area contributed by atoms with Crippen LogP contribution in [0, 0.1) is 17.8 Å². The van der Waals surface area contributed by atoms with E-state index in [1.807, 2.05) is 0 Å². The predicted molar refractivity (Wildman–Crippen MR) is 84.4 cm³/mol. The zero-order chi connectivity index (χ0) is 15.3. The van der Waals surface area contributed by atoms with Gasteiger partial charge in [0.25, 0.3) is 0 Å². The highest BCUT2D eigenvalue weighted by Crippen LogP contribution is 2.35. The molecule has 0 radical (unpaired) electrons. The second-order valence-corrected chi connectivity index (χ2v) is 7.12. The maximum Gasteiger partial charge on any atom is 0.224 e. The summed E-state index contributed by atoms with van der Waals surface area (Å²) in [7, 11) is 4.26. The van der Waals surface area contributed by atoms with Crippen LogP contribution in [0.25, 0.3) is 0 Å². The highest BCUT2D eigenvalue weighted by molar-refractivity contribution is 5.79. The average molecular weight is 283 g/mol. The molecule has 20 heavy (non-hydrogen) atoms. The lowest BCUT2D eigenvalue weighted by atomic mass is 9.75. The molecule has 3 unspecified atom stereocenters. The van der Waals surface area contributed by atoms with Crippen LogP contribution in [0.15, 0.2) is 0 Å². The van der Waals surface area contributed by atoms with Crippen LogP contribution in [0.2, 0.25) is 0 Å². The molecule has 1 aliphatic carbocycles. The number of carbonyl (C=O) groups excluding carboxylic acids is 1. The van der Waals surface area contributed by atoms with E-state index in [4.69, 9.17) is 5.73 Å². The van der Waals surface area contributed by atoms with Gasteiger partial charge in [0, 0.05) is 18.6 Å². The van der Waals surface area contributed by atoms with E-state index in [1.165, 1.54) is 19.3 Å². The highest BCUT2D eigenvalue weighted by atomic mass is 16.1. The van der Waals surface area contributed by atoms with Gasteiger partial charge in [0.15, 0.2) is 0 Å². The molecule has 0 aliphatic heterocycles. The number of rotatable bonds is 6. The van der Waals surface area contributed by atoms with E-state index in [9.17, 15) is 4.79 Å². The SMILES string of the molecule is CC1CCCC(CNC(=O)C(CN)C(C)C)(N(C)C)C1. The van der Waals surface area contributed by atoms with E-state index in [0.717, 1.165) is 18.9 Å². The number of amides is 1. The van der Waals surface area contributed by atoms with Crippen LogP contribution in [0.3, 0.4) is 0 Å². The van der Waals surface area contributed by atoms with E-state index in [0.29, 0.717) is 12.5 Å². The van der Waals surface area contributed by atoms with Gasteiger partial charge >= 0.3 is 0 Å². The third-order valence-electron chi connectivity index (χ3n) is 5.00. The lowest BCUT2D eigenvalue weighted by Gasteiger charge is -2.45. The van der Waals surface area contributed by atoms with Crippen LogP contribution in [0.5, 0.6) is 0 Å². The zero-order valence-electron chi connectivity index (χ0n) is 13.9. The van der Waals surface area contributed by atoms with Gasteiger partial charge in [-0.05, 0) is 38.8 Å². The molecule has 0 saturated heterocycles. The van der Waals surface area contributed by atoms with Gasteiger partial charge in [0.1, 0.15) is 0 Å². The lowest BCUT2D eigenvalue weighted by Crippen LogP contribution is -2.56. The van der Waals surface area contributed by atoms with E-state index in [-0.39, 0.29) is 17.4 Å². The summed E-state index contributed by atoms with van der Waals surface area (Å²) in [4.78, 5) is 14.6. The second kappa shape index (κ2) is 7.41. The van der Waals surface area contributed by atoms with Crippen molar-refractivity contribution in [2.24, 2.45) is 23.5 Å². The Morgan fingerprint density at radius 2 is 2.10 bits per heavy atom. The van der Waals surface area contributed by atoms with Crippen LogP contribution >= 0.6 is 0 Å². The Labute approximate surface area is 124 Å². The maximum atomic E-state index is 12.3. The van der Waals surface area contributed by atoms with Crippen molar-refractivity contribution in [3.63, 3.8) is 0 Å². The average Bonchev–Trinajstić information content (AvgIpc) is 2.36. The summed E-state index contributed by atoms with van der Waals surface area (Å²) in [6.45, 7) is 7.60. The van der Waals surface area contributed by atoms with Crippen molar-refractivity contribution < 1.29 is 4.79 Å². The summed E-state index contributed by atoms with van der Waals surface area (Å²) >= 11 is 0. The molecule has 4 nitrogen and oxygen atoms in total. The molecule has 1 saturated carbocycles. The third kappa shape index (κ3) is 4.19. The molecule has 0 aromatic heterocycles. The molecule has 0 bridgehead atoms. The van der Waals surface area contributed by atoms with Crippen molar-refractivity contribution in [3.8, 4) is 0 Å². The van der Waals surface area contributed by atoms with Crippen LogP contribution in [-0.4, -0.2) is 43.5 Å². The van der Waals surface area contributed by atoms with Crippen molar-refractivity contribution in [3.05, 3.63) is 0 Å². The van der Waals surface area contributed by atoms with E-state index < -0.39 is 0 Å². The number of hydrogen-bond donors (Lipinski definition) is 2. The van der Waals surface area contributed by atoms with Gasteiger partial charge < -0.3 is 16.0 Å². The molecule has 1 aliphatic rings. The molecule has 0 aromatic carbocycles. The summed E-state index contributed by atoms with van der Waals surface area (Å²) < 4.78 is 0. The summed E-state index contributed by atoms with van der Waals surface area (Å²) in [5.74, 6) is 1.07. The molecule has 3 atom stereocenters. The number of nitrogens with one attached hydrogen (secondary N) is 1. The summed E-state index contributed by atoms with van der Waals surface area (Å²) in [5, 5.41) is 3.17. The Kier molecular flexibility index (Phi) is 6.46. The van der Waals surface area contributed by atoms with Crippen molar-refractivity contribution >= 4 is 5.91 Å². The minimum absolute atomic E-state index is 0.0739. The molecule has 1 fully saturated rings. The standard InChI is InChI=1S/C16H33N3O/c1-12(2)14(10-17)15(20)18-11-16(19(4)5)8-6-7-13(3)9-16/h12-14H,6-11,17H2,1-5H3,(H,18,20). The normalized spacial score (nSPS) is 28.7. The van der Waals surface area contributed by atoms with Crippen LogP contribution in [0.1, 0.15) is 46.5 Å². The van der Waals surface area contributed by atoms with Gasteiger partial charge in [-0.25, -0.2) is 0 Å². The summed E-state index contributed by atoms with van der Waals surface area (Å²) in [5.41, 5.74) is 5.84. The van der Waals surface area contributed by atoms with Crippen molar-refractivity contribution in [1.29, 1.82) is 0 Å². The molecular weight excluding hydrogens is 250 g/mol. The monoisotopic (exact) mass is 283 g/mol. The minimum atomic E-state index is -0.0739. The third-order valence-corrected chi connectivity index (χ3v) is 5.00. The van der Waals surface area contributed by atoms with E-state index >= 15 is 0 Å². The number of nitrogens with zero attached hydrogens (tertiary/aromatic N) is 1. The Hall–Kier alpha value is -0.610. The Morgan fingerprint density at radius 3 is 2.55 bits per heavy atom. The molecule has 4 heteroatoms. The van der Waals surface area contributed by atoms with Gasteiger partial charge in [-0.3, -0.25) is 4.79 Å². The van der Waals surface area contributed by atoms with Gasteiger partial charge in [-0.1, -0.05) is 33.6 Å². The Balaban J connectivity index is 2.66. The number of hydrogen-bond acceptors (Lipinski definition) is 3. The predicted octanol–water partition coefficient (Wildman–Crippen LogP) is 1.84. The molecule has 0 aromatic rings. The van der Waals surface area contributed by atoms with E-state index in [2.05, 4.69) is 45.1 Å². The quantitative estimate of drug-likeness (QED) is 0.782. The first kappa shape index (κ1) is 17.4. The first-order chi connectivity index (χ1) is 9.32. The van der Waals surface area contributed by atoms with Crippen LogP contribution in [-0.2, 0) is 4.79 Å². The van der Waals surface area contributed by atoms with Gasteiger partial charge in [-0.15, -0.1) is 0 Å². The van der Waals surface area contributed by atoms with Gasteiger partial charge in [-0.2, -0.15) is 0 Å². The minimum Gasteiger partial charge on any atom is -0.354 e. The molecule has 118 valence electrons. The number of nitrogens with two attached hydrogens (primary N) is 1. The largest absolute Gasteiger partial charge is 0.354 e. The maximum absolute atomic E-state index is 12.3. The van der Waals surface area contributed by atoms with E-state index in [1.54, 1.807) is 0 Å². The first-order valence-electron chi connectivity index (χ1n) is 7.97. The lowest BCUT2D eigenvalue weighted by molar-refractivity contribution is -0.126. The van der Waals surface area contributed by atoms with Crippen molar-refractivity contribution in [1.82, 2.24) is 10.2 Å². The fraction of sp³-hybridized carbons (Fsp3) is 0.938. The first-order valence-corrected chi connectivity index (χ1v) is 7.97. The van der Waals surface area contributed by atoms with Gasteiger partial charge in [0.05, 0.1) is 5.92 Å². The van der Waals surface area contributed by atoms with Crippen molar-refractivity contribution in [2.45, 2.75) is 52.0 Å². The highest BCUT2D eigenvalue weighted by Gasteiger charge is 2.37. The molecule has 1 rings (SSSR count). The fourth-order valence-electron chi connectivity index (χ4n) is 3.42. The molecule has 0 heterocycles.